The van der Waals surface area contributed by atoms with Gasteiger partial charge in [0.2, 0.25) is 0 Å². The highest BCUT2D eigenvalue weighted by Gasteiger charge is 2.46. The predicted octanol–water partition coefficient (Wildman–Crippen LogP) is 2.45. The van der Waals surface area contributed by atoms with Crippen molar-refractivity contribution < 1.29 is 14.3 Å². The highest BCUT2D eigenvalue weighted by molar-refractivity contribution is 6.12. The van der Waals surface area contributed by atoms with Crippen LogP contribution in [0.25, 0.3) is 0 Å². The molecule has 1 fully saturated rings. The molecule has 0 aromatic heterocycles. The lowest BCUT2D eigenvalue weighted by Crippen LogP contribution is -2.45. The number of Topliss-reactive ketones (excluding diaryl/α,β-unsaturated/α-hetero) is 1. The van der Waals surface area contributed by atoms with Crippen LogP contribution in [-0.2, 0) is 14.3 Å². The minimum atomic E-state index is -1.04. The Morgan fingerprint density at radius 1 is 1.45 bits per heavy atom. The molecule has 0 spiro atoms. The van der Waals surface area contributed by atoms with E-state index in [9.17, 15) is 9.59 Å². The number of esters is 1. The number of nitrogens with zero attached hydrogens (tertiary/aromatic N) is 1. The Bertz CT molecular complexity index is 435. The van der Waals surface area contributed by atoms with Crippen molar-refractivity contribution in [2.24, 2.45) is 5.41 Å². The minimum Gasteiger partial charge on any atom is -0.461 e. The summed E-state index contributed by atoms with van der Waals surface area (Å²) in [5.74, 6) is -0.510. The molecule has 20 heavy (non-hydrogen) atoms. The average molecular weight is 277 g/mol. The van der Waals surface area contributed by atoms with Gasteiger partial charge in [0.1, 0.15) is 12.0 Å². The largest absolute Gasteiger partial charge is 0.461 e. The Hall–Kier alpha value is -1.58. The molecule has 1 saturated heterocycles. The molecular weight excluding hydrogens is 254 g/mol. The summed E-state index contributed by atoms with van der Waals surface area (Å²) in [6, 6.07) is 0. The monoisotopic (exact) mass is 277 g/mol. The summed E-state index contributed by atoms with van der Waals surface area (Å²) in [4.78, 5) is 27.0. The molecule has 0 aromatic rings. The molecule has 0 saturated carbocycles. The van der Waals surface area contributed by atoms with Gasteiger partial charge in [-0.25, -0.2) is 0 Å². The number of hydrogen-bond donors (Lipinski definition) is 0. The summed E-state index contributed by atoms with van der Waals surface area (Å²) in [7, 11) is 0. The zero-order chi connectivity index (χ0) is 14.6. The summed E-state index contributed by atoms with van der Waals surface area (Å²) in [5, 5.41) is 0. The first-order chi connectivity index (χ1) is 9.59. The molecule has 0 amide bonds. The van der Waals surface area contributed by atoms with Crippen molar-refractivity contribution in [1.82, 2.24) is 4.90 Å². The third kappa shape index (κ3) is 2.79. The first-order valence-electron chi connectivity index (χ1n) is 7.37. The van der Waals surface area contributed by atoms with E-state index in [-0.39, 0.29) is 12.4 Å². The summed E-state index contributed by atoms with van der Waals surface area (Å²) in [6.07, 6.45) is 8.23. The lowest BCUT2D eigenvalue weighted by Gasteiger charge is -2.37. The molecule has 4 heteroatoms. The first kappa shape index (κ1) is 14.8. The molecular formula is C16H23NO3. The van der Waals surface area contributed by atoms with Crippen molar-refractivity contribution in [2.45, 2.75) is 39.0 Å². The molecule has 0 bridgehead atoms. The van der Waals surface area contributed by atoms with Gasteiger partial charge >= 0.3 is 5.97 Å². The normalized spacial score (nSPS) is 26.9. The lowest BCUT2D eigenvalue weighted by atomic mass is 9.75. The number of carbonyl (C=O) groups excluding carboxylic acids is 2. The minimum absolute atomic E-state index is 0.0836. The maximum absolute atomic E-state index is 12.7. The summed E-state index contributed by atoms with van der Waals surface area (Å²) < 4.78 is 5.12. The molecule has 1 atom stereocenters. The molecule has 0 aromatic carbocycles. The molecule has 1 aliphatic heterocycles. The van der Waals surface area contributed by atoms with Crippen molar-refractivity contribution in [1.29, 1.82) is 0 Å². The Kier molecular flexibility index (Phi) is 4.63. The van der Waals surface area contributed by atoms with Gasteiger partial charge in [-0.05, 0) is 39.0 Å². The van der Waals surface area contributed by atoms with Crippen LogP contribution in [0.3, 0.4) is 0 Å². The maximum Gasteiger partial charge on any atom is 0.320 e. The number of ketones is 1. The van der Waals surface area contributed by atoms with Gasteiger partial charge < -0.3 is 9.64 Å². The molecule has 0 radical (unpaired) electrons. The SMILES string of the molecule is C=CCOC(=O)C1(C)CCC=C(N2CCCCC2)C1=O. The maximum atomic E-state index is 12.7. The summed E-state index contributed by atoms with van der Waals surface area (Å²) >= 11 is 0. The molecule has 4 nitrogen and oxygen atoms in total. The van der Waals surface area contributed by atoms with Crippen molar-refractivity contribution in [3.05, 3.63) is 24.4 Å². The number of carbonyl (C=O) groups is 2. The van der Waals surface area contributed by atoms with E-state index in [2.05, 4.69) is 11.5 Å². The molecule has 2 aliphatic rings. The second-order valence-electron chi connectivity index (χ2n) is 5.72. The van der Waals surface area contributed by atoms with Crippen LogP contribution >= 0.6 is 0 Å². The third-order valence-electron chi connectivity index (χ3n) is 4.20. The Labute approximate surface area is 120 Å². The van der Waals surface area contributed by atoms with Gasteiger partial charge in [-0.15, -0.1) is 0 Å². The molecule has 1 heterocycles. The number of ether oxygens (including phenoxy) is 1. The second-order valence-corrected chi connectivity index (χ2v) is 5.72. The zero-order valence-electron chi connectivity index (χ0n) is 12.2. The quantitative estimate of drug-likeness (QED) is 0.450. The number of hydrogen-bond acceptors (Lipinski definition) is 4. The van der Waals surface area contributed by atoms with E-state index >= 15 is 0 Å². The van der Waals surface area contributed by atoms with Crippen molar-refractivity contribution >= 4 is 11.8 Å². The van der Waals surface area contributed by atoms with Crippen molar-refractivity contribution in [3.63, 3.8) is 0 Å². The van der Waals surface area contributed by atoms with E-state index in [1.807, 2.05) is 6.08 Å². The van der Waals surface area contributed by atoms with E-state index in [4.69, 9.17) is 4.74 Å². The number of allylic oxidation sites excluding steroid dienone is 2. The van der Waals surface area contributed by atoms with Gasteiger partial charge in [0, 0.05) is 13.1 Å². The molecule has 110 valence electrons. The van der Waals surface area contributed by atoms with Crippen LogP contribution in [0.4, 0.5) is 0 Å². The van der Waals surface area contributed by atoms with Gasteiger partial charge in [0.15, 0.2) is 5.78 Å². The van der Waals surface area contributed by atoms with E-state index in [1.54, 1.807) is 6.92 Å². The summed E-state index contributed by atoms with van der Waals surface area (Å²) in [6.45, 7) is 7.21. The van der Waals surface area contributed by atoms with Crippen molar-refractivity contribution in [3.8, 4) is 0 Å². The van der Waals surface area contributed by atoms with Crippen LogP contribution in [-0.4, -0.2) is 36.3 Å². The summed E-state index contributed by atoms with van der Waals surface area (Å²) in [5.41, 5.74) is -0.320. The highest BCUT2D eigenvalue weighted by atomic mass is 16.5. The van der Waals surface area contributed by atoms with Crippen LogP contribution < -0.4 is 0 Å². The molecule has 0 N–H and O–H groups in total. The second kappa shape index (κ2) is 6.25. The van der Waals surface area contributed by atoms with E-state index < -0.39 is 11.4 Å². The fourth-order valence-corrected chi connectivity index (χ4v) is 2.88. The topological polar surface area (TPSA) is 46.6 Å². The molecule has 2 rings (SSSR count). The van der Waals surface area contributed by atoms with Gasteiger partial charge in [0.25, 0.3) is 0 Å². The molecule has 1 unspecified atom stereocenters. The van der Waals surface area contributed by atoms with Crippen LogP contribution in [0.5, 0.6) is 0 Å². The Balaban J connectivity index is 2.13. The fourth-order valence-electron chi connectivity index (χ4n) is 2.88. The van der Waals surface area contributed by atoms with Gasteiger partial charge in [-0.3, -0.25) is 9.59 Å². The number of rotatable bonds is 4. The molecule has 1 aliphatic carbocycles. The van der Waals surface area contributed by atoms with E-state index in [1.165, 1.54) is 12.5 Å². The van der Waals surface area contributed by atoms with Gasteiger partial charge in [-0.2, -0.15) is 0 Å². The van der Waals surface area contributed by atoms with Gasteiger partial charge in [0.05, 0.1) is 5.70 Å². The van der Waals surface area contributed by atoms with Crippen LogP contribution in [0.1, 0.15) is 39.0 Å². The Morgan fingerprint density at radius 3 is 2.80 bits per heavy atom. The van der Waals surface area contributed by atoms with E-state index in [0.717, 1.165) is 32.4 Å². The fraction of sp³-hybridized carbons (Fsp3) is 0.625. The predicted molar refractivity (Wildman–Crippen MR) is 77.0 cm³/mol. The first-order valence-corrected chi connectivity index (χ1v) is 7.37. The highest BCUT2D eigenvalue weighted by Crippen LogP contribution is 2.36. The number of likely N-dealkylation sites (tertiary alicyclic amines) is 1. The average Bonchev–Trinajstić information content (AvgIpc) is 2.48. The lowest BCUT2D eigenvalue weighted by molar-refractivity contribution is -0.158. The third-order valence-corrected chi connectivity index (χ3v) is 4.20. The van der Waals surface area contributed by atoms with Crippen LogP contribution in [0.2, 0.25) is 0 Å². The standard InChI is InChI=1S/C16H23NO3/c1-3-12-20-15(19)16(2)9-7-8-13(14(16)18)17-10-5-4-6-11-17/h3,8H,1,4-7,9-12H2,2H3. The number of piperidine rings is 1. The van der Waals surface area contributed by atoms with E-state index in [0.29, 0.717) is 12.1 Å². The van der Waals surface area contributed by atoms with Gasteiger partial charge in [-0.1, -0.05) is 18.7 Å². The Morgan fingerprint density at radius 2 is 2.15 bits per heavy atom. The van der Waals surface area contributed by atoms with Crippen LogP contribution in [0.15, 0.2) is 24.4 Å². The van der Waals surface area contributed by atoms with Crippen molar-refractivity contribution in [2.75, 3.05) is 19.7 Å². The zero-order valence-corrected chi connectivity index (χ0v) is 12.2. The smallest absolute Gasteiger partial charge is 0.320 e. The van der Waals surface area contributed by atoms with Crippen LogP contribution in [0, 0.1) is 5.41 Å².